The summed E-state index contributed by atoms with van der Waals surface area (Å²) in [7, 11) is -5.84. The first kappa shape index (κ1) is 30.2. The number of fused-ring (bicyclic) bond motifs is 10. The molecule has 7 aliphatic rings. The monoisotopic (exact) mass is 648 g/mol. The standard InChI is InChI=1S/C28H34F2O13S/c1-10(28(29,30)44(35,36)37)39-15(31)8-38-9-16(32)40-23-22-20(19-21(41-22)24(23)42-25(19)33)26(34)43-27(2)7-13-6-14(27)18-12-4-3-11(5-12)17(13)18/h10-14,17-24H,3-9H2,1-2H3,(H,35,36,37). The molecular weight excluding hydrogens is 614 g/mol. The van der Waals surface area contributed by atoms with Gasteiger partial charge in [0.1, 0.15) is 42.9 Å². The third-order valence-electron chi connectivity index (χ3n) is 11.4. The van der Waals surface area contributed by atoms with E-state index in [9.17, 15) is 36.4 Å². The summed E-state index contributed by atoms with van der Waals surface area (Å²) >= 11 is 0. The molecule has 4 aliphatic carbocycles. The second kappa shape index (κ2) is 10.0. The number of esters is 4. The number of carbonyl (C=O) groups is 4. The number of halogens is 2. The SMILES string of the molecule is CC(OC(=O)COCC(=O)OC1C2OC(=O)C3C2OC1C3C(=O)OC1(C)CC2CC1C1C3CCC(C3)C21)C(F)(F)S(=O)(=O)O. The molecule has 3 aliphatic heterocycles. The summed E-state index contributed by atoms with van der Waals surface area (Å²) in [5, 5.41) is -4.76. The van der Waals surface area contributed by atoms with Gasteiger partial charge in [-0.1, -0.05) is 0 Å². The lowest BCUT2D eigenvalue weighted by Gasteiger charge is -2.44. The maximum absolute atomic E-state index is 13.7. The lowest BCUT2D eigenvalue weighted by Crippen LogP contribution is -2.51. The van der Waals surface area contributed by atoms with Gasteiger partial charge in [0.2, 0.25) is 0 Å². The molecule has 0 spiro atoms. The van der Waals surface area contributed by atoms with Crippen LogP contribution in [-0.4, -0.2) is 91.4 Å². The lowest BCUT2D eigenvalue weighted by atomic mass is 9.66. The molecule has 0 amide bonds. The summed E-state index contributed by atoms with van der Waals surface area (Å²) in [6.07, 6.45) is -0.783. The number of carbonyl (C=O) groups excluding carboxylic acids is 4. The minimum atomic E-state index is -5.84. The summed E-state index contributed by atoms with van der Waals surface area (Å²) in [5.74, 6) is -2.01. The molecule has 244 valence electrons. The zero-order valence-electron chi connectivity index (χ0n) is 24.0. The second-order valence-electron chi connectivity index (χ2n) is 13.7. The highest BCUT2D eigenvalue weighted by molar-refractivity contribution is 7.86. The second-order valence-corrected chi connectivity index (χ2v) is 15.2. The topological polar surface area (TPSA) is 178 Å². The summed E-state index contributed by atoms with van der Waals surface area (Å²) in [5.41, 5.74) is -0.644. The Balaban J connectivity index is 0.949. The molecule has 0 aromatic rings. The number of rotatable bonds is 10. The maximum atomic E-state index is 13.7. The molecule has 4 saturated carbocycles. The fraction of sp³-hybridized carbons (Fsp3) is 0.857. The van der Waals surface area contributed by atoms with Crippen LogP contribution in [0.15, 0.2) is 0 Å². The van der Waals surface area contributed by atoms with Crippen molar-refractivity contribution in [2.24, 2.45) is 47.3 Å². The molecule has 7 fully saturated rings. The van der Waals surface area contributed by atoms with Crippen molar-refractivity contribution in [1.82, 2.24) is 0 Å². The van der Waals surface area contributed by atoms with Gasteiger partial charge < -0.3 is 28.4 Å². The highest BCUT2D eigenvalue weighted by Gasteiger charge is 2.73. The van der Waals surface area contributed by atoms with Crippen molar-refractivity contribution in [3.05, 3.63) is 0 Å². The third-order valence-corrected chi connectivity index (χ3v) is 12.4. The smallest absolute Gasteiger partial charge is 0.405 e. The van der Waals surface area contributed by atoms with Gasteiger partial charge in [-0.05, 0) is 75.5 Å². The van der Waals surface area contributed by atoms with Gasteiger partial charge in [0, 0.05) is 5.92 Å². The Labute approximate surface area is 251 Å². The minimum Gasteiger partial charge on any atom is -0.459 e. The van der Waals surface area contributed by atoms with Crippen molar-refractivity contribution in [2.75, 3.05) is 13.2 Å². The highest BCUT2D eigenvalue weighted by Crippen LogP contribution is 2.70. The quantitative estimate of drug-likeness (QED) is 0.155. The largest absolute Gasteiger partial charge is 0.459 e. The number of ether oxygens (including phenoxy) is 6. The first-order chi connectivity index (χ1) is 20.6. The van der Waals surface area contributed by atoms with Crippen LogP contribution in [0.3, 0.4) is 0 Å². The number of hydrogen-bond donors (Lipinski definition) is 1. The summed E-state index contributed by atoms with van der Waals surface area (Å²) in [6, 6.07) is 0. The molecule has 3 heterocycles. The highest BCUT2D eigenvalue weighted by atomic mass is 32.2. The van der Waals surface area contributed by atoms with Crippen molar-refractivity contribution in [1.29, 1.82) is 0 Å². The Morgan fingerprint density at radius 3 is 2.43 bits per heavy atom. The van der Waals surface area contributed by atoms with Gasteiger partial charge in [-0.2, -0.15) is 17.2 Å². The first-order valence-corrected chi connectivity index (χ1v) is 16.4. The summed E-state index contributed by atoms with van der Waals surface area (Å²) in [4.78, 5) is 50.8. The van der Waals surface area contributed by atoms with E-state index in [1.54, 1.807) is 0 Å². The van der Waals surface area contributed by atoms with Gasteiger partial charge in [0.05, 0.1) is 0 Å². The maximum Gasteiger partial charge on any atom is 0.405 e. The van der Waals surface area contributed by atoms with Crippen LogP contribution in [0.1, 0.15) is 46.0 Å². The molecule has 1 N–H and O–H groups in total. The molecule has 0 radical (unpaired) electrons. The molecular formula is C28H34F2O13S. The Morgan fingerprint density at radius 1 is 1.05 bits per heavy atom. The Bertz CT molecular complexity index is 1390. The Morgan fingerprint density at radius 2 is 1.73 bits per heavy atom. The molecule has 13 nitrogen and oxygen atoms in total. The molecule has 16 heteroatoms. The molecule has 0 aromatic heterocycles. The Kier molecular flexibility index (Phi) is 6.89. The van der Waals surface area contributed by atoms with Crippen molar-refractivity contribution in [3.8, 4) is 0 Å². The predicted octanol–water partition coefficient (Wildman–Crippen LogP) is 1.27. The van der Waals surface area contributed by atoms with E-state index in [-0.39, 0.29) is 5.92 Å². The number of alkyl halides is 2. The number of hydrogen-bond acceptors (Lipinski definition) is 12. The van der Waals surface area contributed by atoms with E-state index >= 15 is 0 Å². The fourth-order valence-electron chi connectivity index (χ4n) is 9.93. The van der Waals surface area contributed by atoms with Crippen LogP contribution >= 0.6 is 0 Å². The van der Waals surface area contributed by atoms with E-state index in [0.29, 0.717) is 24.7 Å². The zero-order chi connectivity index (χ0) is 31.5. The molecule has 6 bridgehead atoms. The minimum absolute atomic E-state index is 0.277. The van der Waals surface area contributed by atoms with Crippen LogP contribution in [0.2, 0.25) is 0 Å². The average Bonchev–Trinajstić information content (AvgIpc) is 3.76. The summed E-state index contributed by atoms with van der Waals surface area (Å²) in [6.45, 7) is 0.677. The predicted molar refractivity (Wildman–Crippen MR) is 137 cm³/mol. The molecule has 3 saturated heterocycles. The van der Waals surface area contributed by atoms with Crippen LogP contribution < -0.4 is 0 Å². The van der Waals surface area contributed by atoms with Crippen LogP contribution in [0, 0.1) is 47.3 Å². The zero-order valence-corrected chi connectivity index (χ0v) is 24.8. The fourth-order valence-corrected chi connectivity index (χ4v) is 10.4. The Hall–Kier alpha value is -2.43. The van der Waals surface area contributed by atoms with Gasteiger partial charge in [0.25, 0.3) is 0 Å². The van der Waals surface area contributed by atoms with E-state index in [2.05, 4.69) is 4.74 Å². The van der Waals surface area contributed by atoms with Gasteiger partial charge >= 0.3 is 39.2 Å². The van der Waals surface area contributed by atoms with Crippen molar-refractivity contribution in [2.45, 2.75) is 87.3 Å². The van der Waals surface area contributed by atoms with Gasteiger partial charge in [-0.25, -0.2) is 9.59 Å². The van der Waals surface area contributed by atoms with Crippen LogP contribution in [-0.2, 0) is 57.7 Å². The van der Waals surface area contributed by atoms with E-state index < -0.39 is 100 Å². The van der Waals surface area contributed by atoms with Crippen molar-refractivity contribution >= 4 is 34.0 Å². The van der Waals surface area contributed by atoms with Crippen molar-refractivity contribution < 1.29 is 69.4 Å². The molecule has 14 unspecified atom stereocenters. The normalized spacial score (nSPS) is 44.9. The van der Waals surface area contributed by atoms with Crippen LogP contribution in [0.4, 0.5) is 8.78 Å². The first-order valence-electron chi connectivity index (χ1n) is 15.0. The van der Waals surface area contributed by atoms with Crippen LogP contribution in [0.25, 0.3) is 0 Å². The van der Waals surface area contributed by atoms with Gasteiger partial charge in [-0.15, -0.1) is 0 Å². The third kappa shape index (κ3) is 4.41. The van der Waals surface area contributed by atoms with Gasteiger partial charge in [0.15, 0.2) is 18.3 Å². The van der Waals surface area contributed by atoms with E-state index in [1.807, 2.05) is 6.92 Å². The molecule has 14 atom stereocenters. The molecule has 7 rings (SSSR count). The van der Waals surface area contributed by atoms with Gasteiger partial charge in [-0.3, -0.25) is 14.1 Å². The van der Waals surface area contributed by atoms with E-state index in [0.717, 1.165) is 24.7 Å². The average molecular weight is 649 g/mol. The summed E-state index contributed by atoms with van der Waals surface area (Å²) < 4.78 is 89.5. The molecule has 0 aromatic carbocycles. The molecule has 44 heavy (non-hydrogen) atoms. The lowest BCUT2D eigenvalue weighted by molar-refractivity contribution is -0.182. The van der Waals surface area contributed by atoms with Crippen LogP contribution in [0.5, 0.6) is 0 Å². The van der Waals surface area contributed by atoms with E-state index in [4.69, 9.17) is 28.2 Å². The van der Waals surface area contributed by atoms with Crippen molar-refractivity contribution in [3.63, 3.8) is 0 Å². The van der Waals surface area contributed by atoms with E-state index in [1.165, 1.54) is 19.3 Å².